The monoisotopic (exact) mass is 720 g/mol. The Morgan fingerprint density at radius 1 is 0.250 bits per heavy atom. The largest absolute Gasteiger partial charge is 0.0622 e. The van der Waals surface area contributed by atoms with E-state index in [0.29, 0.717) is 0 Å². The van der Waals surface area contributed by atoms with E-state index < -0.39 is 0 Å². The summed E-state index contributed by atoms with van der Waals surface area (Å²) in [5, 5.41) is 7.67. The van der Waals surface area contributed by atoms with Gasteiger partial charge in [0.2, 0.25) is 0 Å². The standard InChI is InChI=1S/C56H48/c1-55(2,3)47-27-29-49-51(35-47)54(46-26-25-38-17-10-11-18-39(38)33-46)52-36-48(56(4,5)6)28-30-50(52)53(49)45-24-14-23-44(34-45)43-22-13-21-42(32-43)41-20-12-19-40(31-41)37-15-8-7-9-16-37/h7-36H,1-6H3. The number of hydrogen-bond donors (Lipinski definition) is 0. The molecule has 0 radical (unpaired) electrons. The fourth-order valence-electron chi connectivity index (χ4n) is 8.37. The van der Waals surface area contributed by atoms with E-state index in [4.69, 9.17) is 0 Å². The zero-order chi connectivity index (χ0) is 38.6. The molecule has 0 spiro atoms. The third-order valence-electron chi connectivity index (χ3n) is 11.5. The highest BCUT2D eigenvalue weighted by atomic mass is 14.3. The molecule has 0 heterocycles. The molecule has 0 aliphatic rings. The van der Waals surface area contributed by atoms with Crippen LogP contribution in [0.3, 0.4) is 0 Å². The quantitative estimate of drug-likeness (QED) is 0.155. The van der Waals surface area contributed by atoms with Crippen molar-refractivity contribution in [3.05, 3.63) is 193 Å². The van der Waals surface area contributed by atoms with E-state index >= 15 is 0 Å². The second kappa shape index (κ2) is 13.8. The molecule has 0 fully saturated rings. The maximum absolute atomic E-state index is 2.48. The van der Waals surface area contributed by atoms with Crippen molar-refractivity contribution in [2.45, 2.75) is 52.4 Å². The average Bonchev–Trinajstić information content (AvgIpc) is 3.22. The predicted molar refractivity (Wildman–Crippen MR) is 244 cm³/mol. The van der Waals surface area contributed by atoms with E-state index in [9.17, 15) is 0 Å². The lowest BCUT2D eigenvalue weighted by Crippen LogP contribution is -2.11. The van der Waals surface area contributed by atoms with Crippen LogP contribution < -0.4 is 0 Å². The first kappa shape index (κ1) is 35.5. The molecule has 0 unspecified atom stereocenters. The lowest BCUT2D eigenvalue weighted by molar-refractivity contribution is 0.591. The number of hydrogen-bond acceptors (Lipinski definition) is 0. The molecular formula is C56H48. The topological polar surface area (TPSA) is 0 Å². The van der Waals surface area contributed by atoms with Crippen molar-refractivity contribution in [2.75, 3.05) is 0 Å². The summed E-state index contributed by atoms with van der Waals surface area (Å²) >= 11 is 0. The fraction of sp³-hybridized carbons (Fsp3) is 0.143. The van der Waals surface area contributed by atoms with Gasteiger partial charge in [0.25, 0.3) is 0 Å². The van der Waals surface area contributed by atoms with Crippen LogP contribution in [0.1, 0.15) is 52.7 Å². The van der Waals surface area contributed by atoms with Gasteiger partial charge in [-0.2, -0.15) is 0 Å². The van der Waals surface area contributed by atoms with Crippen molar-refractivity contribution in [1.82, 2.24) is 0 Å². The van der Waals surface area contributed by atoms with Gasteiger partial charge in [0.05, 0.1) is 0 Å². The molecule has 0 heteroatoms. The smallest absolute Gasteiger partial charge is 0.00259 e. The molecular weight excluding hydrogens is 673 g/mol. The average molecular weight is 721 g/mol. The Bertz CT molecular complexity index is 2840. The van der Waals surface area contributed by atoms with Crippen LogP contribution in [0.4, 0.5) is 0 Å². The molecule has 56 heavy (non-hydrogen) atoms. The zero-order valence-electron chi connectivity index (χ0n) is 33.3. The molecule has 9 aromatic rings. The molecule has 9 aromatic carbocycles. The SMILES string of the molecule is CC(C)(C)c1ccc2c(-c3cccc(-c4cccc(-c5cccc(-c6ccccc6)c5)c4)c3)c3ccc(C(C)(C)C)cc3c(-c3ccc4ccccc4c3)c2c1. The van der Waals surface area contributed by atoms with E-state index in [1.54, 1.807) is 0 Å². The molecule has 0 N–H and O–H groups in total. The predicted octanol–water partition coefficient (Wildman–Crippen LogP) is 16.1. The minimum Gasteiger partial charge on any atom is -0.0622 e. The Morgan fingerprint density at radius 2 is 0.643 bits per heavy atom. The van der Waals surface area contributed by atoms with Gasteiger partial charge >= 0.3 is 0 Å². The third-order valence-corrected chi connectivity index (χ3v) is 11.5. The summed E-state index contributed by atoms with van der Waals surface area (Å²) in [7, 11) is 0. The third kappa shape index (κ3) is 6.60. The van der Waals surface area contributed by atoms with Crippen LogP contribution in [0.2, 0.25) is 0 Å². The molecule has 0 atom stereocenters. The molecule has 9 rings (SSSR count). The van der Waals surface area contributed by atoms with E-state index in [0.717, 1.165) is 0 Å². The van der Waals surface area contributed by atoms with Crippen LogP contribution >= 0.6 is 0 Å². The first-order valence-corrected chi connectivity index (χ1v) is 19.9. The van der Waals surface area contributed by atoms with Crippen molar-refractivity contribution in [1.29, 1.82) is 0 Å². The summed E-state index contributed by atoms with van der Waals surface area (Å²) in [5.41, 5.74) is 15.1. The van der Waals surface area contributed by atoms with Crippen LogP contribution in [-0.2, 0) is 10.8 Å². The molecule has 0 saturated carbocycles. The Kier molecular flexibility index (Phi) is 8.74. The highest BCUT2D eigenvalue weighted by Crippen LogP contribution is 2.47. The van der Waals surface area contributed by atoms with Crippen molar-refractivity contribution in [3.8, 4) is 55.6 Å². The van der Waals surface area contributed by atoms with Crippen LogP contribution in [-0.4, -0.2) is 0 Å². The number of rotatable bonds is 5. The maximum atomic E-state index is 2.48. The summed E-state index contributed by atoms with van der Waals surface area (Å²) in [4.78, 5) is 0. The van der Waals surface area contributed by atoms with Crippen molar-refractivity contribution in [3.63, 3.8) is 0 Å². The molecule has 272 valence electrons. The Balaban J connectivity index is 1.27. The van der Waals surface area contributed by atoms with E-state index in [2.05, 4.69) is 224 Å². The Hall–Kier alpha value is -6.24. The lowest BCUT2D eigenvalue weighted by atomic mass is 9.79. The minimum absolute atomic E-state index is 0.00275. The maximum Gasteiger partial charge on any atom is -0.00259 e. The Labute approximate surface area is 332 Å². The van der Waals surface area contributed by atoms with E-state index in [1.165, 1.54) is 99.1 Å². The van der Waals surface area contributed by atoms with Gasteiger partial charge in [0.15, 0.2) is 0 Å². The van der Waals surface area contributed by atoms with Gasteiger partial charge in [-0.05, 0) is 146 Å². The van der Waals surface area contributed by atoms with Gasteiger partial charge in [0, 0.05) is 0 Å². The van der Waals surface area contributed by atoms with E-state index in [-0.39, 0.29) is 10.8 Å². The summed E-state index contributed by atoms with van der Waals surface area (Å²) in [6.45, 7) is 13.9. The van der Waals surface area contributed by atoms with Gasteiger partial charge < -0.3 is 0 Å². The van der Waals surface area contributed by atoms with Gasteiger partial charge in [-0.3, -0.25) is 0 Å². The molecule has 0 aromatic heterocycles. The molecule has 0 aliphatic carbocycles. The van der Waals surface area contributed by atoms with Crippen LogP contribution in [0.5, 0.6) is 0 Å². The summed E-state index contributed by atoms with van der Waals surface area (Å²) in [6.07, 6.45) is 0. The molecule has 0 aliphatic heterocycles. The summed E-state index contributed by atoms with van der Waals surface area (Å²) in [6, 6.07) is 67.8. The Morgan fingerprint density at radius 3 is 1.16 bits per heavy atom. The van der Waals surface area contributed by atoms with Gasteiger partial charge in [-0.25, -0.2) is 0 Å². The van der Waals surface area contributed by atoms with Crippen molar-refractivity contribution >= 4 is 32.3 Å². The van der Waals surface area contributed by atoms with Crippen LogP contribution in [0.15, 0.2) is 182 Å². The number of fused-ring (bicyclic) bond motifs is 3. The molecule has 0 bridgehead atoms. The molecule has 0 nitrogen and oxygen atoms in total. The summed E-state index contributed by atoms with van der Waals surface area (Å²) < 4.78 is 0. The second-order valence-corrected chi connectivity index (χ2v) is 17.4. The fourth-order valence-corrected chi connectivity index (χ4v) is 8.37. The number of benzene rings is 9. The van der Waals surface area contributed by atoms with Gasteiger partial charge in [-0.15, -0.1) is 0 Å². The van der Waals surface area contributed by atoms with Crippen molar-refractivity contribution < 1.29 is 0 Å². The van der Waals surface area contributed by atoms with Gasteiger partial charge in [0.1, 0.15) is 0 Å². The van der Waals surface area contributed by atoms with Crippen LogP contribution in [0.25, 0.3) is 88.0 Å². The second-order valence-electron chi connectivity index (χ2n) is 17.4. The lowest BCUT2D eigenvalue weighted by Gasteiger charge is -2.25. The normalized spacial score (nSPS) is 12.1. The first-order chi connectivity index (χ1) is 27.0. The van der Waals surface area contributed by atoms with Crippen molar-refractivity contribution in [2.24, 2.45) is 0 Å². The molecule has 0 saturated heterocycles. The highest BCUT2D eigenvalue weighted by Gasteiger charge is 2.23. The summed E-state index contributed by atoms with van der Waals surface area (Å²) in [5.74, 6) is 0. The molecule has 0 amide bonds. The first-order valence-electron chi connectivity index (χ1n) is 19.9. The zero-order valence-corrected chi connectivity index (χ0v) is 33.3. The van der Waals surface area contributed by atoms with Crippen LogP contribution in [0, 0.1) is 0 Å². The van der Waals surface area contributed by atoms with Gasteiger partial charge in [-0.1, -0.05) is 187 Å². The highest BCUT2D eigenvalue weighted by molar-refractivity contribution is 6.22. The minimum atomic E-state index is 0.00275. The van der Waals surface area contributed by atoms with E-state index in [1.807, 2.05) is 0 Å².